The van der Waals surface area contributed by atoms with Gasteiger partial charge < -0.3 is 10.0 Å². The number of fused-ring (bicyclic) bond motifs is 1. The van der Waals surface area contributed by atoms with Crippen LogP contribution in [0.4, 0.5) is 5.69 Å². The van der Waals surface area contributed by atoms with Gasteiger partial charge in [0.05, 0.1) is 4.90 Å². The van der Waals surface area contributed by atoms with E-state index in [1.165, 1.54) is 17.8 Å². The number of Topliss-reactive ketones (excluding diaryl/α,β-unsaturated/α-hetero) is 1. The number of hydrogen-bond donors (Lipinski definition) is 1. The Bertz CT molecular complexity index is 1410. The van der Waals surface area contributed by atoms with Gasteiger partial charge in [-0.3, -0.25) is 14.0 Å². The van der Waals surface area contributed by atoms with Crippen LogP contribution in [0.15, 0.2) is 89.5 Å². The van der Waals surface area contributed by atoms with E-state index in [-0.39, 0.29) is 28.5 Å². The van der Waals surface area contributed by atoms with E-state index in [4.69, 9.17) is 0 Å². The molecule has 0 aliphatic carbocycles. The van der Waals surface area contributed by atoms with Crippen LogP contribution in [0.25, 0.3) is 5.76 Å². The monoisotopic (exact) mass is 517 g/mol. The number of carbonyl (C=O) groups is 1. The Hall–Kier alpha value is -3.62. The molecule has 1 fully saturated rings. The van der Waals surface area contributed by atoms with Crippen molar-refractivity contribution < 1.29 is 18.3 Å². The molecule has 0 unspecified atom stereocenters. The molecule has 1 N–H and O–H groups in total. The van der Waals surface area contributed by atoms with Crippen LogP contribution in [-0.4, -0.2) is 67.8 Å². The largest absolute Gasteiger partial charge is 0.505 e. The summed E-state index contributed by atoms with van der Waals surface area (Å²) in [4.78, 5) is 18.1. The van der Waals surface area contributed by atoms with Crippen LogP contribution in [0.5, 0.6) is 0 Å². The van der Waals surface area contributed by atoms with Gasteiger partial charge in [0.15, 0.2) is 5.76 Å². The Labute approximate surface area is 218 Å². The zero-order valence-corrected chi connectivity index (χ0v) is 21.7. The molecule has 7 nitrogen and oxygen atoms in total. The second kappa shape index (κ2) is 10.4. The minimum atomic E-state index is -4.01. The van der Waals surface area contributed by atoms with Gasteiger partial charge in [-0.05, 0) is 37.6 Å². The molecule has 2 aliphatic rings. The van der Waals surface area contributed by atoms with Gasteiger partial charge in [-0.2, -0.15) is 0 Å². The van der Waals surface area contributed by atoms with Gasteiger partial charge in [0, 0.05) is 56.1 Å². The Morgan fingerprint density at radius 2 is 1.49 bits per heavy atom. The smallest absolute Gasteiger partial charge is 0.265 e. The first kappa shape index (κ1) is 25.0. The third kappa shape index (κ3) is 4.99. The van der Waals surface area contributed by atoms with E-state index in [0.717, 1.165) is 36.0 Å². The van der Waals surface area contributed by atoms with Gasteiger partial charge in [-0.25, -0.2) is 8.42 Å². The minimum absolute atomic E-state index is 0.0167. The molecule has 0 aromatic heterocycles. The maximum absolute atomic E-state index is 13.6. The Morgan fingerprint density at radius 1 is 0.838 bits per heavy atom. The van der Waals surface area contributed by atoms with Crippen LogP contribution in [-0.2, 0) is 10.0 Å². The average molecular weight is 518 g/mol. The standard InChI is InChI=1S/C29H31N3O4S/c1-22-12-14-23(15-13-22)28(33)27-29(34)25-10-5-6-11-26(25)37(35,36)32(27)17-7-16-30-18-20-31(21-19-30)24-8-3-2-4-9-24/h2-6,8-15,33H,7,16-21H2,1H3/b28-27-. The zero-order valence-electron chi connectivity index (χ0n) is 20.9. The molecule has 0 radical (unpaired) electrons. The lowest BCUT2D eigenvalue weighted by atomic mass is 10.0. The van der Waals surface area contributed by atoms with E-state index in [1.54, 1.807) is 24.3 Å². The number of nitrogens with zero attached hydrogens (tertiary/aromatic N) is 3. The number of aliphatic hydroxyl groups is 1. The number of aryl methyl sites for hydroxylation is 1. The summed E-state index contributed by atoms with van der Waals surface area (Å²) in [6.07, 6.45) is 0.532. The number of para-hydroxylation sites is 1. The number of benzene rings is 3. The summed E-state index contributed by atoms with van der Waals surface area (Å²) in [5.41, 5.74) is 2.52. The van der Waals surface area contributed by atoms with E-state index in [2.05, 4.69) is 21.9 Å². The average Bonchev–Trinajstić information content (AvgIpc) is 2.93. The molecule has 2 heterocycles. The van der Waals surface area contributed by atoms with Crippen molar-refractivity contribution in [3.8, 4) is 0 Å². The summed E-state index contributed by atoms with van der Waals surface area (Å²) in [6.45, 7) is 6.28. The second-order valence-corrected chi connectivity index (χ2v) is 11.3. The van der Waals surface area contributed by atoms with Gasteiger partial charge >= 0.3 is 0 Å². The fraction of sp³-hybridized carbons (Fsp3) is 0.276. The van der Waals surface area contributed by atoms with E-state index >= 15 is 0 Å². The van der Waals surface area contributed by atoms with Gasteiger partial charge in [-0.1, -0.05) is 60.2 Å². The fourth-order valence-corrected chi connectivity index (χ4v) is 6.68. The number of rotatable bonds is 6. The number of anilines is 1. The third-order valence-corrected chi connectivity index (χ3v) is 8.90. The molecule has 5 rings (SSSR count). The number of piperazine rings is 1. The first-order chi connectivity index (χ1) is 17.9. The quantitative estimate of drug-likeness (QED) is 0.388. The summed E-state index contributed by atoms with van der Waals surface area (Å²) in [5, 5.41) is 11.2. The van der Waals surface area contributed by atoms with Crippen LogP contribution in [0.2, 0.25) is 0 Å². The van der Waals surface area contributed by atoms with Gasteiger partial charge in [0.25, 0.3) is 10.0 Å². The molecule has 1 saturated heterocycles. The van der Waals surface area contributed by atoms with Gasteiger partial charge in [0.1, 0.15) is 5.70 Å². The highest BCUT2D eigenvalue weighted by atomic mass is 32.2. The SMILES string of the molecule is Cc1ccc(/C(O)=C2\C(=O)c3ccccc3S(=O)(=O)N2CCCN2CCN(c3ccccc3)CC2)cc1. The minimum Gasteiger partial charge on any atom is -0.505 e. The van der Waals surface area contributed by atoms with Crippen molar-refractivity contribution in [2.24, 2.45) is 0 Å². The van der Waals surface area contributed by atoms with Crippen LogP contribution in [0.1, 0.15) is 27.9 Å². The van der Waals surface area contributed by atoms with Crippen LogP contribution in [0, 0.1) is 6.92 Å². The van der Waals surface area contributed by atoms with E-state index < -0.39 is 15.8 Å². The highest BCUT2D eigenvalue weighted by Crippen LogP contribution is 2.35. The predicted octanol–water partition coefficient (Wildman–Crippen LogP) is 4.32. The predicted molar refractivity (Wildman–Crippen MR) is 145 cm³/mol. The first-order valence-corrected chi connectivity index (χ1v) is 14.0. The van der Waals surface area contributed by atoms with Crippen LogP contribution in [0.3, 0.4) is 0 Å². The van der Waals surface area contributed by atoms with Crippen molar-refractivity contribution >= 4 is 27.3 Å². The van der Waals surface area contributed by atoms with Crippen LogP contribution >= 0.6 is 0 Å². The molecule has 3 aromatic rings. The Kier molecular flexibility index (Phi) is 7.04. The molecule has 37 heavy (non-hydrogen) atoms. The second-order valence-electron chi connectivity index (χ2n) is 9.48. The van der Waals surface area contributed by atoms with Gasteiger partial charge in [0.2, 0.25) is 5.78 Å². The van der Waals surface area contributed by atoms with Crippen molar-refractivity contribution in [1.82, 2.24) is 9.21 Å². The molecular weight excluding hydrogens is 486 g/mol. The fourth-order valence-electron chi connectivity index (χ4n) is 4.97. The Balaban J connectivity index is 1.36. The van der Waals surface area contributed by atoms with Crippen LogP contribution < -0.4 is 4.90 Å². The molecule has 2 aliphatic heterocycles. The van der Waals surface area contributed by atoms with Crippen molar-refractivity contribution in [3.63, 3.8) is 0 Å². The molecule has 8 heteroatoms. The summed E-state index contributed by atoms with van der Waals surface area (Å²) in [6, 6.07) is 23.6. The summed E-state index contributed by atoms with van der Waals surface area (Å²) < 4.78 is 28.4. The number of hydrogen-bond acceptors (Lipinski definition) is 6. The Morgan fingerprint density at radius 3 is 2.19 bits per heavy atom. The number of carbonyl (C=O) groups excluding carboxylic acids is 1. The van der Waals surface area contributed by atoms with Crippen molar-refractivity contribution in [1.29, 1.82) is 0 Å². The van der Waals surface area contributed by atoms with Crippen molar-refractivity contribution in [2.75, 3.05) is 44.2 Å². The molecule has 0 bridgehead atoms. The van der Waals surface area contributed by atoms with E-state index in [1.807, 2.05) is 37.3 Å². The first-order valence-electron chi connectivity index (χ1n) is 12.6. The molecular formula is C29H31N3O4S. The van der Waals surface area contributed by atoms with Crippen molar-refractivity contribution in [3.05, 3.63) is 101 Å². The normalized spacial score (nSPS) is 19.0. The molecule has 0 atom stereocenters. The highest BCUT2D eigenvalue weighted by Gasteiger charge is 2.41. The lowest BCUT2D eigenvalue weighted by molar-refractivity contribution is 0.0997. The number of ketones is 1. The number of allylic oxidation sites excluding steroid dienone is 1. The summed E-state index contributed by atoms with van der Waals surface area (Å²) in [7, 11) is -4.01. The molecule has 0 spiro atoms. The van der Waals surface area contributed by atoms with Gasteiger partial charge in [-0.15, -0.1) is 0 Å². The van der Waals surface area contributed by atoms with E-state index in [0.29, 0.717) is 18.5 Å². The maximum Gasteiger partial charge on any atom is 0.265 e. The molecule has 192 valence electrons. The summed E-state index contributed by atoms with van der Waals surface area (Å²) >= 11 is 0. The molecule has 0 amide bonds. The molecule has 0 saturated carbocycles. The van der Waals surface area contributed by atoms with Crippen molar-refractivity contribution in [2.45, 2.75) is 18.2 Å². The highest BCUT2D eigenvalue weighted by molar-refractivity contribution is 7.89. The lowest BCUT2D eigenvalue weighted by Crippen LogP contribution is -2.47. The number of sulfonamides is 1. The lowest BCUT2D eigenvalue weighted by Gasteiger charge is -2.37. The zero-order chi connectivity index (χ0) is 26.0. The molecule has 3 aromatic carbocycles. The maximum atomic E-state index is 13.6. The van der Waals surface area contributed by atoms with E-state index in [9.17, 15) is 18.3 Å². The third-order valence-electron chi connectivity index (χ3n) is 7.04. The summed E-state index contributed by atoms with van der Waals surface area (Å²) in [5.74, 6) is -0.806. The number of aliphatic hydroxyl groups excluding tert-OH is 1. The topological polar surface area (TPSA) is 81.2 Å².